The number of fused-ring (bicyclic) bond motifs is 1. The number of rotatable bonds is 5. The second-order valence-corrected chi connectivity index (χ2v) is 7.32. The molecule has 2 heterocycles. The first kappa shape index (κ1) is 19.8. The molecule has 0 bridgehead atoms. The number of nitrogens with one attached hydrogen (secondary N) is 1. The smallest absolute Gasteiger partial charge is 0.243 e. The first-order valence-electron chi connectivity index (χ1n) is 9.77. The molecule has 0 saturated heterocycles. The molecule has 1 aromatic carbocycles. The molecular weight excluding hydrogens is 387 g/mol. The van der Waals surface area contributed by atoms with Gasteiger partial charge in [-0.1, -0.05) is 6.58 Å². The van der Waals surface area contributed by atoms with Crippen molar-refractivity contribution in [3.8, 4) is 17.0 Å². The highest BCUT2D eigenvalue weighted by Crippen LogP contribution is 2.36. The third kappa shape index (κ3) is 3.58. The van der Waals surface area contributed by atoms with Crippen LogP contribution in [-0.2, 0) is 4.79 Å². The number of ether oxygens (including phenoxy) is 1. The van der Waals surface area contributed by atoms with Gasteiger partial charge in [0.1, 0.15) is 17.8 Å². The van der Waals surface area contributed by atoms with Gasteiger partial charge in [0.25, 0.3) is 0 Å². The average Bonchev–Trinajstić information content (AvgIpc) is 3.15. The van der Waals surface area contributed by atoms with Gasteiger partial charge in [0.05, 0.1) is 18.5 Å². The van der Waals surface area contributed by atoms with Crippen molar-refractivity contribution in [3.63, 3.8) is 0 Å². The summed E-state index contributed by atoms with van der Waals surface area (Å²) < 4.78 is 21.2. The van der Waals surface area contributed by atoms with Crippen molar-refractivity contribution in [3.05, 3.63) is 43.0 Å². The van der Waals surface area contributed by atoms with E-state index < -0.39 is 5.82 Å². The van der Waals surface area contributed by atoms with E-state index >= 15 is 0 Å². The Hall–Kier alpha value is -3.49. The fourth-order valence-electron chi connectivity index (χ4n) is 3.99. The molecule has 3 N–H and O–H groups in total. The van der Waals surface area contributed by atoms with Crippen molar-refractivity contribution >= 4 is 22.8 Å². The average molecular weight is 410 g/mol. The molecule has 8 nitrogen and oxygen atoms in total. The standard InChI is InChI=1S/C21H23FN6O2/c1-3-17(29)26-13-5-7-14(8-6-13)28-21-18(20(23)24-11-25-21)19(27-28)12-4-9-16(30-2)15(22)10-12/h3-4,9-11,13-14H,1,5-8H2,2H3,(H,26,29)(H2,23,24,25). The third-order valence-corrected chi connectivity index (χ3v) is 5.52. The van der Waals surface area contributed by atoms with Crippen molar-refractivity contribution in [2.75, 3.05) is 12.8 Å². The molecule has 0 atom stereocenters. The Morgan fingerprint density at radius 1 is 1.33 bits per heavy atom. The van der Waals surface area contributed by atoms with Crippen molar-refractivity contribution in [1.82, 2.24) is 25.1 Å². The highest BCUT2D eigenvalue weighted by atomic mass is 19.1. The molecule has 3 aromatic rings. The fourth-order valence-corrected chi connectivity index (χ4v) is 3.99. The number of halogens is 1. The number of carbonyl (C=O) groups is 1. The van der Waals surface area contributed by atoms with Gasteiger partial charge in [-0.05, 0) is 50.0 Å². The van der Waals surface area contributed by atoms with Crippen LogP contribution >= 0.6 is 0 Å². The van der Waals surface area contributed by atoms with Crippen LogP contribution in [0.4, 0.5) is 10.2 Å². The third-order valence-electron chi connectivity index (χ3n) is 5.52. The molecule has 30 heavy (non-hydrogen) atoms. The summed E-state index contributed by atoms with van der Waals surface area (Å²) >= 11 is 0. The maximum Gasteiger partial charge on any atom is 0.243 e. The van der Waals surface area contributed by atoms with E-state index in [2.05, 4.69) is 21.9 Å². The van der Waals surface area contributed by atoms with Crippen LogP contribution in [0.25, 0.3) is 22.3 Å². The molecule has 1 saturated carbocycles. The van der Waals surface area contributed by atoms with Crippen LogP contribution in [0.2, 0.25) is 0 Å². The SMILES string of the molecule is C=CC(=O)NC1CCC(n2nc(-c3ccc(OC)c(F)c3)c3c(N)ncnc32)CC1. The summed E-state index contributed by atoms with van der Waals surface area (Å²) in [5, 5.41) is 8.32. The number of nitrogens with zero attached hydrogens (tertiary/aromatic N) is 4. The number of hydrogen-bond donors (Lipinski definition) is 2. The molecule has 4 rings (SSSR count). The minimum atomic E-state index is -0.480. The van der Waals surface area contributed by atoms with Gasteiger partial charge < -0.3 is 15.8 Å². The molecule has 0 spiro atoms. The Labute approximate surface area is 173 Å². The van der Waals surface area contributed by atoms with Gasteiger partial charge in [-0.3, -0.25) is 4.79 Å². The Bertz CT molecular complexity index is 1100. The lowest BCUT2D eigenvalue weighted by molar-refractivity contribution is -0.117. The van der Waals surface area contributed by atoms with Crippen LogP contribution in [-0.4, -0.2) is 38.8 Å². The minimum absolute atomic E-state index is 0.0931. The Morgan fingerprint density at radius 2 is 2.10 bits per heavy atom. The molecule has 1 fully saturated rings. The zero-order valence-corrected chi connectivity index (χ0v) is 16.6. The largest absolute Gasteiger partial charge is 0.494 e. The number of anilines is 1. The van der Waals surface area contributed by atoms with Crippen molar-refractivity contribution in [1.29, 1.82) is 0 Å². The van der Waals surface area contributed by atoms with E-state index in [0.717, 1.165) is 25.7 Å². The van der Waals surface area contributed by atoms with Gasteiger partial charge in [0.15, 0.2) is 17.2 Å². The Kier molecular flexibility index (Phi) is 5.35. The monoisotopic (exact) mass is 410 g/mol. The Morgan fingerprint density at radius 3 is 2.77 bits per heavy atom. The van der Waals surface area contributed by atoms with E-state index in [1.54, 1.807) is 12.1 Å². The molecule has 156 valence electrons. The molecule has 1 aliphatic rings. The van der Waals surface area contributed by atoms with Gasteiger partial charge in [-0.2, -0.15) is 5.10 Å². The van der Waals surface area contributed by atoms with E-state index in [4.69, 9.17) is 15.6 Å². The highest BCUT2D eigenvalue weighted by molar-refractivity contribution is 5.98. The van der Waals surface area contributed by atoms with Gasteiger partial charge in [0.2, 0.25) is 5.91 Å². The predicted octanol–water partition coefficient (Wildman–Crippen LogP) is 3.01. The first-order valence-corrected chi connectivity index (χ1v) is 9.77. The van der Waals surface area contributed by atoms with Gasteiger partial charge in [-0.15, -0.1) is 0 Å². The first-order chi connectivity index (χ1) is 14.5. The van der Waals surface area contributed by atoms with Crippen molar-refractivity contribution < 1.29 is 13.9 Å². The quantitative estimate of drug-likeness (QED) is 0.626. The van der Waals surface area contributed by atoms with Gasteiger partial charge in [0, 0.05) is 11.6 Å². The number of aromatic nitrogens is 4. The molecule has 0 radical (unpaired) electrons. The lowest BCUT2D eigenvalue weighted by Gasteiger charge is -2.29. The van der Waals surface area contributed by atoms with E-state index in [1.165, 1.54) is 25.6 Å². The number of carbonyl (C=O) groups excluding carboxylic acids is 1. The van der Waals surface area contributed by atoms with Crippen LogP contribution in [0.5, 0.6) is 5.75 Å². The zero-order chi connectivity index (χ0) is 21.3. The molecular formula is C21H23FN6O2. The molecule has 1 amide bonds. The number of benzene rings is 1. The summed E-state index contributed by atoms with van der Waals surface area (Å²) in [5.74, 6) is -0.185. The van der Waals surface area contributed by atoms with E-state index in [9.17, 15) is 9.18 Å². The van der Waals surface area contributed by atoms with Crippen LogP contribution in [0.3, 0.4) is 0 Å². The second-order valence-electron chi connectivity index (χ2n) is 7.32. The van der Waals surface area contributed by atoms with E-state index in [0.29, 0.717) is 28.1 Å². The summed E-state index contributed by atoms with van der Waals surface area (Å²) in [4.78, 5) is 20.1. The molecule has 0 aliphatic heterocycles. The van der Waals surface area contributed by atoms with Crippen LogP contribution in [0.15, 0.2) is 37.2 Å². The van der Waals surface area contributed by atoms with Crippen LogP contribution in [0, 0.1) is 5.82 Å². The maximum absolute atomic E-state index is 14.3. The lowest BCUT2D eigenvalue weighted by Crippen LogP contribution is -2.37. The predicted molar refractivity (Wildman–Crippen MR) is 111 cm³/mol. The van der Waals surface area contributed by atoms with E-state index in [-0.39, 0.29) is 23.7 Å². The summed E-state index contributed by atoms with van der Waals surface area (Å²) in [6, 6.07) is 4.88. The second kappa shape index (κ2) is 8.10. The summed E-state index contributed by atoms with van der Waals surface area (Å²) in [5.41, 5.74) is 7.87. The summed E-state index contributed by atoms with van der Waals surface area (Å²) in [6.45, 7) is 3.49. The maximum atomic E-state index is 14.3. The number of nitrogens with two attached hydrogens (primary N) is 1. The summed E-state index contributed by atoms with van der Waals surface area (Å²) in [7, 11) is 1.42. The number of methoxy groups -OCH3 is 1. The number of hydrogen-bond acceptors (Lipinski definition) is 6. The minimum Gasteiger partial charge on any atom is -0.494 e. The Balaban J connectivity index is 1.69. The molecule has 1 aliphatic carbocycles. The van der Waals surface area contributed by atoms with Crippen molar-refractivity contribution in [2.45, 2.75) is 37.8 Å². The highest BCUT2D eigenvalue weighted by Gasteiger charge is 2.27. The normalized spacial score (nSPS) is 18.9. The summed E-state index contributed by atoms with van der Waals surface area (Å²) in [6.07, 6.45) is 5.97. The molecule has 9 heteroatoms. The van der Waals surface area contributed by atoms with Gasteiger partial charge >= 0.3 is 0 Å². The van der Waals surface area contributed by atoms with Gasteiger partial charge in [-0.25, -0.2) is 19.0 Å². The van der Waals surface area contributed by atoms with E-state index in [1.807, 2.05) is 4.68 Å². The van der Waals surface area contributed by atoms with Crippen LogP contribution in [0.1, 0.15) is 31.7 Å². The molecule has 0 unspecified atom stereocenters. The lowest BCUT2D eigenvalue weighted by atomic mass is 9.91. The zero-order valence-electron chi connectivity index (χ0n) is 16.6. The number of nitrogen functional groups attached to an aromatic ring is 1. The van der Waals surface area contributed by atoms with Crippen LogP contribution < -0.4 is 15.8 Å². The fraction of sp³-hybridized carbons (Fsp3) is 0.333. The topological polar surface area (TPSA) is 108 Å². The molecule has 2 aromatic heterocycles. The van der Waals surface area contributed by atoms with Crippen molar-refractivity contribution in [2.24, 2.45) is 0 Å². The number of amides is 1.